The standard InChI is InChI=1S/C20H24O3.C15H22O2.C14H20O2.C12H16O/c1-5-15(2)16-11-13-17(14-12-16)19(21)20(22-3,23-4)18-9-7-6-8-10-18;1-6-14(2,3)12-9-7-11(8-10-12)13(16)15(4,5)17;1-5-10(2)11-6-8-12(9-7-11)13(15)14(3,4)16;1-4-9(2)11-5-7-12(8-6-11)10(3)13/h6-15H,5H2,1-4H3;7-10,17H,6H2,1-5H3;6-10,16H,5H2,1-4H3;5-9H,4H2,1-3H3. The maximum Gasteiger partial charge on any atom is 0.260 e. The van der Waals surface area contributed by atoms with Gasteiger partial charge in [0.05, 0.1) is 0 Å². The van der Waals surface area contributed by atoms with Gasteiger partial charge in [0.2, 0.25) is 5.78 Å². The van der Waals surface area contributed by atoms with E-state index in [1.54, 1.807) is 31.2 Å². The van der Waals surface area contributed by atoms with Gasteiger partial charge in [-0.2, -0.15) is 0 Å². The Kier molecular flexibility index (Phi) is 23.5. The van der Waals surface area contributed by atoms with E-state index in [1.165, 1.54) is 64.2 Å². The van der Waals surface area contributed by atoms with E-state index in [-0.39, 0.29) is 28.5 Å². The smallest absolute Gasteiger partial charge is 0.260 e. The van der Waals surface area contributed by atoms with Gasteiger partial charge in [0.25, 0.3) is 5.79 Å². The average Bonchev–Trinajstić information content (AvgIpc) is 3.36. The minimum absolute atomic E-state index is 0.121. The van der Waals surface area contributed by atoms with Crippen molar-refractivity contribution in [2.75, 3.05) is 14.2 Å². The van der Waals surface area contributed by atoms with Crippen molar-refractivity contribution in [1.29, 1.82) is 0 Å². The zero-order chi connectivity index (χ0) is 52.3. The number of Topliss-reactive ketones (excluding diaryl/α,β-unsaturated/α-hetero) is 4. The third-order valence-electron chi connectivity index (χ3n) is 13.2. The lowest BCUT2D eigenvalue weighted by molar-refractivity contribution is -0.176. The second-order valence-electron chi connectivity index (χ2n) is 19.7. The Labute approximate surface area is 414 Å². The fourth-order valence-electron chi connectivity index (χ4n) is 7.15. The van der Waals surface area contributed by atoms with Crippen LogP contribution in [0.5, 0.6) is 0 Å². The molecule has 69 heavy (non-hydrogen) atoms. The van der Waals surface area contributed by atoms with Gasteiger partial charge in [-0.25, -0.2) is 0 Å². The number of methoxy groups -OCH3 is 2. The van der Waals surface area contributed by atoms with Gasteiger partial charge in [0, 0.05) is 42.0 Å². The van der Waals surface area contributed by atoms with Crippen LogP contribution in [-0.4, -0.2) is 58.8 Å². The van der Waals surface area contributed by atoms with Crippen LogP contribution in [0.15, 0.2) is 127 Å². The van der Waals surface area contributed by atoms with Gasteiger partial charge in [-0.3, -0.25) is 19.2 Å². The predicted octanol–water partition coefficient (Wildman–Crippen LogP) is 14.4. The SMILES string of the molecule is CCC(C)(C)c1ccc(C(=O)C(C)(C)O)cc1.CCC(C)c1ccc(C(=O)C(C)(C)O)cc1.CCC(C)c1ccc(C(=O)C(OC)(OC)c2ccccc2)cc1.CCC(C)c1ccc(C(C)=O)cc1. The molecule has 0 aliphatic carbocycles. The van der Waals surface area contributed by atoms with Gasteiger partial charge >= 0.3 is 0 Å². The van der Waals surface area contributed by atoms with Crippen LogP contribution in [-0.2, 0) is 20.7 Å². The molecule has 0 aliphatic heterocycles. The largest absolute Gasteiger partial charge is 0.382 e. The summed E-state index contributed by atoms with van der Waals surface area (Å²) in [6.07, 6.45) is 4.33. The summed E-state index contributed by atoms with van der Waals surface area (Å²) in [5.41, 5.74) is 5.69. The van der Waals surface area contributed by atoms with Crippen LogP contribution in [0.1, 0.15) is 210 Å². The lowest BCUT2D eigenvalue weighted by Gasteiger charge is -2.29. The van der Waals surface area contributed by atoms with Crippen molar-refractivity contribution in [2.45, 2.75) is 163 Å². The van der Waals surface area contributed by atoms with E-state index in [2.05, 4.69) is 62.3 Å². The molecule has 0 aliphatic rings. The number of benzene rings is 5. The highest BCUT2D eigenvalue weighted by molar-refractivity contribution is 6.03. The molecule has 0 amide bonds. The van der Waals surface area contributed by atoms with Gasteiger partial charge in [-0.05, 0) is 106 Å². The highest BCUT2D eigenvalue weighted by atomic mass is 16.7. The van der Waals surface area contributed by atoms with Gasteiger partial charge in [-0.15, -0.1) is 0 Å². The zero-order valence-electron chi connectivity index (χ0n) is 44.5. The third-order valence-corrected chi connectivity index (χ3v) is 13.2. The predicted molar refractivity (Wildman–Crippen MR) is 283 cm³/mol. The summed E-state index contributed by atoms with van der Waals surface area (Å²) >= 11 is 0. The molecule has 374 valence electrons. The highest BCUT2D eigenvalue weighted by Gasteiger charge is 2.41. The molecule has 0 radical (unpaired) electrons. The van der Waals surface area contributed by atoms with E-state index in [0.717, 1.165) is 31.2 Å². The fourth-order valence-corrected chi connectivity index (χ4v) is 7.15. The Morgan fingerprint density at radius 1 is 0.449 bits per heavy atom. The lowest BCUT2D eigenvalue weighted by atomic mass is 9.81. The summed E-state index contributed by atoms with van der Waals surface area (Å²) < 4.78 is 11.0. The first kappa shape index (κ1) is 59.7. The van der Waals surface area contributed by atoms with Gasteiger partial charge in [0.1, 0.15) is 11.2 Å². The first-order chi connectivity index (χ1) is 32.3. The molecule has 0 saturated carbocycles. The van der Waals surface area contributed by atoms with Crippen molar-refractivity contribution < 1.29 is 38.9 Å². The number of rotatable bonds is 18. The topological polar surface area (TPSA) is 127 Å². The molecule has 0 spiro atoms. The van der Waals surface area contributed by atoms with E-state index >= 15 is 0 Å². The van der Waals surface area contributed by atoms with Crippen LogP contribution in [0, 0.1) is 0 Å². The number of aliphatic hydroxyl groups is 2. The molecule has 5 aromatic carbocycles. The Morgan fingerprint density at radius 2 is 0.754 bits per heavy atom. The monoisotopic (exact) mass is 943 g/mol. The number of hydrogen-bond donors (Lipinski definition) is 2. The number of carbonyl (C=O) groups excluding carboxylic acids is 4. The molecule has 5 aromatic rings. The molecule has 0 fully saturated rings. The van der Waals surface area contributed by atoms with Gasteiger partial charge in [0.15, 0.2) is 17.3 Å². The normalized spacial score (nSPS) is 12.9. The summed E-state index contributed by atoms with van der Waals surface area (Å²) in [6, 6.07) is 40.0. The molecule has 0 bridgehead atoms. The zero-order valence-corrected chi connectivity index (χ0v) is 44.5. The van der Waals surface area contributed by atoms with Crippen molar-refractivity contribution in [3.8, 4) is 0 Å². The van der Waals surface area contributed by atoms with Gasteiger partial charge < -0.3 is 19.7 Å². The Hall–Kier alpha value is -5.38. The molecule has 0 heterocycles. The van der Waals surface area contributed by atoms with E-state index in [4.69, 9.17) is 9.47 Å². The summed E-state index contributed by atoms with van der Waals surface area (Å²) in [6.45, 7) is 27.1. The van der Waals surface area contributed by atoms with Crippen LogP contribution in [0.3, 0.4) is 0 Å². The van der Waals surface area contributed by atoms with E-state index in [0.29, 0.717) is 40.0 Å². The molecule has 2 N–H and O–H groups in total. The van der Waals surface area contributed by atoms with Crippen LogP contribution < -0.4 is 0 Å². The minimum Gasteiger partial charge on any atom is -0.382 e. The Bertz CT molecular complexity index is 2330. The third kappa shape index (κ3) is 17.2. The Morgan fingerprint density at radius 3 is 1.03 bits per heavy atom. The van der Waals surface area contributed by atoms with Crippen molar-refractivity contribution in [3.05, 3.63) is 177 Å². The van der Waals surface area contributed by atoms with Crippen LogP contribution in [0.2, 0.25) is 0 Å². The molecule has 0 saturated heterocycles. The lowest BCUT2D eigenvalue weighted by Crippen LogP contribution is -2.40. The summed E-state index contributed by atoms with van der Waals surface area (Å²) in [4.78, 5) is 47.6. The first-order valence-corrected chi connectivity index (χ1v) is 24.4. The molecule has 3 atom stereocenters. The fraction of sp³-hybridized carbons (Fsp3) is 0.443. The summed E-state index contributed by atoms with van der Waals surface area (Å²) in [5.74, 6) is -0.393. The Balaban J connectivity index is 0.000000323. The maximum absolute atomic E-state index is 13.0. The molecular formula is C61H82O8. The summed E-state index contributed by atoms with van der Waals surface area (Å²) in [7, 11) is 2.98. The molecular weight excluding hydrogens is 861 g/mol. The quantitative estimate of drug-likeness (QED) is 0.0657. The van der Waals surface area contributed by atoms with Crippen LogP contribution in [0.25, 0.3) is 0 Å². The molecule has 8 heteroatoms. The number of hydrogen-bond acceptors (Lipinski definition) is 8. The average molecular weight is 943 g/mol. The van der Waals surface area contributed by atoms with Crippen molar-refractivity contribution in [1.82, 2.24) is 0 Å². The van der Waals surface area contributed by atoms with Crippen LogP contribution in [0.4, 0.5) is 0 Å². The number of carbonyl (C=O) groups is 4. The van der Waals surface area contributed by atoms with Crippen molar-refractivity contribution >= 4 is 23.1 Å². The van der Waals surface area contributed by atoms with Crippen LogP contribution >= 0.6 is 0 Å². The number of ketones is 4. The molecule has 5 rings (SSSR count). The van der Waals surface area contributed by atoms with E-state index in [1.807, 2.05) is 103 Å². The summed E-state index contributed by atoms with van der Waals surface area (Å²) in [5, 5.41) is 19.3. The number of ether oxygens (including phenoxy) is 2. The van der Waals surface area contributed by atoms with E-state index < -0.39 is 17.0 Å². The molecule has 3 unspecified atom stereocenters. The second kappa shape index (κ2) is 27.1. The molecule has 8 nitrogen and oxygen atoms in total. The van der Waals surface area contributed by atoms with Crippen molar-refractivity contribution in [3.63, 3.8) is 0 Å². The van der Waals surface area contributed by atoms with Gasteiger partial charge in [-0.1, -0.05) is 190 Å². The van der Waals surface area contributed by atoms with E-state index in [9.17, 15) is 29.4 Å². The highest BCUT2D eigenvalue weighted by Crippen LogP contribution is 2.32. The van der Waals surface area contributed by atoms with Crippen molar-refractivity contribution in [2.24, 2.45) is 0 Å². The maximum atomic E-state index is 13.0. The molecule has 0 aromatic heterocycles. The first-order valence-electron chi connectivity index (χ1n) is 24.4. The second-order valence-corrected chi connectivity index (χ2v) is 19.7. The minimum atomic E-state index is -1.42.